The summed E-state index contributed by atoms with van der Waals surface area (Å²) in [5.74, 6) is -3.05. The van der Waals surface area contributed by atoms with Crippen LogP contribution in [0.3, 0.4) is 0 Å². The average molecular weight is 493 g/mol. The summed E-state index contributed by atoms with van der Waals surface area (Å²) in [5.41, 5.74) is 3.17. The summed E-state index contributed by atoms with van der Waals surface area (Å²) >= 11 is 0. The topological polar surface area (TPSA) is 84.0 Å². The van der Waals surface area contributed by atoms with Crippen molar-refractivity contribution in [3.05, 3.63) is 48.0 Å². The number of rotatable bonds is 4. The number of benzene rings is 2. The van der Waals surface area contributed by atoms with Crippen molar-refractivity contribution in [3.63, 3.8) is 0 Å². The van der Waals surface area contributed by atoms with E-state index in [1.807, 2.05) is 6.07 Å². The molecule has 0 bridgehead atoms. The minimum atomic E-state index is -3.16. The van der Waals surface area contributed by atoms with Crippen LogP contribution in [-0.2, 0) is 25.1 Å². The van der Waals surface area contributed by atoms with Crippen molar-refractivity contribution in [3.8, 4) is 11.1 Å². The molecule has 0 spiro atoms. The van der Waals surface area contributed by atoms with E-state index in [4.69, 9.17) is 4.74 Å². The Morgan fingerprint density at radius 2 is 1.68 bits per heavy atom. The van der Waals surface area contributed by atoms with Crippen molar-refractivity contribution in [2.24, 2.45) is 0 Å². The lowest BCUT2D eigenvalue weighted by atomic mass is 9.91. The first-order chi connectivity index (χ1) is 15.8. The fourth-order valence-electron chi connectivity index (χ4n) is 4.45. The predicted molar refractivity (Wildman–Crippen MR) is 125 cm³/mol. The number of hydrogen-bond acceptors (Lipinski definition) is 5. The molecule has 1 heterocycles. The minimum absolute atomic E-state index is 0.0667. The van der Waals surface area contributed by atoms with Gasteiger partial charge in [0.25, 0.3) is 5.92 Å². The largest absolute Gasteiger partial charge is 0.445 e. The molecule has 7 nitrogen and oxygen atoms in total. The van der Waals surface area contributed by atoms with E-state index in [0.29, 0.717) is 16.9 Å². The van der Waals surface area contributed by atoms with Gasteiger partial charge in [-0.3, -0.25) is 9.69 Å². The maximum absolute atomic E-state index is 13.2. The van der Waals surface area contributed by atoms with E-state index in [1.165, 1.54) is 18.1 Å². The lowest BCUT2D eigenvalue weighted by Crippen LogP contribution is -2.53. The second-order valence-electron chi connectivity index (χ2n) is 9.09. The zero-order chi connectivity index (χ0) is 24.8. The standard InChI is InChI=1S/C24H26F2N2O5S/c1-15-13-27(23(30)33-20-11-24(25,26)12-20)22-10-19(8-9-21(22)28(15)16(2)29)18-6-4-17(5-7-18)14-34(3,31)32/h4-10,15,20H,11-14H2,1-3H3/t15-/m0/s1. The molecule has 182 valence electrons. The molecule has 1 saturated carbocycles. The van der Waals surface area contributed by atoms with Crippen molar-refractivity contribution in [2.75, 3.05) is 22.6 Å². The van der Waals surface area contributed by atoms with Crippen LogP contribution in [0.2, 0.25) is 0 Å². The third-order valence-electron chi connectivity index (χ3n) is 6.01. The van der Waals surface area contributed by atoms with Gasteiger partial charge in [0.05, 0.1) is 23.2 Å². The fraction of sp³-hybridized carbons (Fsp3) is 0.417. The molecule has 4 rings (SSSR count). The fourth-order valence-corrected chi connectivity index (χ4v) is 5.25. The highest BCUT2D eigenvalue weighted by Crippen LogP contribution is 2.42. The van der Waals surface area contributed by atoms with E-state index in [2.05, 4.69) is 0 Å². The second-order valence-corrected chi connectivity index (χ2v) is 11.2. The van der Waals surface area contributed by atoms with Crippen molar-refractivity contribution in [2.45, 2.75) is 50.5 Å². The number of nitrogens with zero attached hydrogens (tertiary/aromatic N) is 2. The molecule has 2 aromatic rings. The lowest BCUT2D eigenvalue weighted by Gasteiger charge is -2.42. The van der Waals surface area contributed by atoms with Gasteiger partial charge < -0.3 is 9.64 Å². The number of halogens is 2. The first-order valence-corrected chi connectivity index (χ1v) is 13.0. The maximum atomic E-state index is 13.2. The molecule has 2 aliphatic rings. The van der Waals surface area contributed by atoms with E-state index in [0.717, 1.165) is 11.1 Å². The predicted octanol–water partition coefficient (Wildman–Crippen LogP) is 4.39. The number of carbonyl (C=O) groups is 2. The summed E-state index contributed by atoms with van der Waals surface area (Å²) in [6.07, 6.45) is -1.37. The number of sulfone groups is 1. The number of carbonyl (C=O) groups excluding carboxylic acids is 2. The normalized spacial score (nSPS) is 19.9. The van der Waals surface area contributed by atoms with Gasteiger partial charge in [-0.2, -0.15) is 0 Å². The highest BCUT2D eigenvalue weighted by Gasteiger charge is 2.48. The Balaban J connectivity index is 1.66. The molecule has 0 aromatic heterocycles. The highest BCUT2D eigenvalue weighted by atomic mass is 32.2. The summed E-state index contributed by atoms with van der Waals surface area (Å²) in [6.45, 7) is 3.40. The van der Waals surface area contributed by atoms with E-state index in [1.54, 1.807) is 48.2 Å². The molecule has 1 aliphatic carbocycles. The molecule has 0 N–H and O–H groups in total. The van der Waals surface area contributed by atoms with Gasteiger partial charge >= 0.3 is 6.09 Å². The molecule has 1 aliphatic heterocycles. The van der Waals surface area contributed by atoms with Crippen LogP contribution in [0, 0.1) is 0 Å². The molecular weight excluding hydrogens is 466 g/mol. The van der Waals surface area contributed by atoms with Crippen molar-refractivity contribution < 1.29 is 31.5 Å². The number of amides is 2. The summed E-state index contributed by atoms with van der Waals surface area (Å²) in [6, 6.07) is 12.0. The summed E-state index contributed by atoms with van der Waals surface area (Å²) in [5, 5.41) is 0. The first-order valence-electron chi connectivity index (χ1n) is 10.9. The van der Waals surface area contributed by atoms with Gasteiger partial charge in [0, 0.05) is 32.6 Å². The van der Waals surface area contributed by atoms with E-state index in [-0.39, 0.29) is 24.2 Å². The first kappa shape index (κ1) is 24.1. The molecule has 0 saturated heterocycles. The van der Waals surface area contributed by atoms with Crippen LogP contribution in [-0.4, -0.2) is 51.3 Å². The number of ether oxygens (including phenoxy) is 1. The Labute approximate surface area is 197 Å². The van der Waals surface area contributed by atoms with E-state index >= 15 is 0 Å². The van der Waals surface area contributed by atoms with Gasteiger partial charge in [0.1, 0.15) is 6.10 Å². The van der Waals surface area contributed by atoms with Gasteiger partial charge in [-0.25, -0.2) is 22.0 Å². The molecule has 2 amide bonds. The molecule has 0 radical (unpaired) electrons. The average Bonchev–Trinajstić information content (AvgIpc) is 2.70. The molecular formula is C24H26F2N2O5S. The quantitative estimate of drug-likeness (QED) is 0.632. The van der Waals surface area contributed by atoms with Crippen LogP contribution >= 0.6 is 0 Å². The Hall–Kier alpha value is -3.01. The smallest absolute Gasteiger partial charge is 0.414 e. The molecule has 1 atom stereocenters. The van der Waals surface area contributed by atoms with E-state index in [9.17, 15) is 26.8 Å². The van der Waals surface area contributed by atoms with Crippen molar-refractivity contribution in [1.82, 2.24) is 0 Å². The Kier molecular flexibility index (Phi) is 6.14. The minimum Gasteiger partial charge on any atom is -0.445 e. The zero-order valence-corrected chi connectivity index (χ0v) is 19.9. The summed E-state index contributed by atoms with van der Waals surface area (Å²) in [7, 11) is -3.16. The highest BCUT2D eigenvalue weighted by molar-refractivity contribution is 7.89. The Bertz CT molecular complexity index is 1220. The van der Waals surface area contributed by atoms with E-state index < -0.39 is 40.8 Å². The number of fused-ring (bicyclic) bond motifs is 1. The maximum Gasteiger partial charge on any atom is 0.414 e. The third kappa shape index (κ3) is 5.06. The van der Waals surface area contributed by atoms with Crippen LogP contribution in [0.15, 0.2) is 42.5 Å². The Morgan fingerprint density at radius 3 is 2.24 bits per heavy atom. The third-order valence-corrected chi connectivity index (χ3v) is 6.87. The van der Waals surface area contributed by atoms with Gasteiger partial charge in [-0.1, -0.05) is 30.3 Å². The monoisotopic (exact) mass is 492 g/mol. The van der Waals surface area contributed by atoms with Gasteiger partial charge in [-0.15, -0.1) is 0 Å². The number of hydrogen-bond donors (Lipinski definition) is 0. The molecule has 34 heavy (non-hydrogen) atoms. The van der Waals surface area contributed by atoms with Crippen LogP contribution in [0.25, 0.3) is 11.1 Å². The summed E-state index contributed by atoms with van der Waals surface area (Å²) in [4.78, 5) is 28.2. The van der Waals surface area contributed by atoms with Gasteiger partial charge in [0.2, 0.25) is 5.91 Å². The number of alkyl halides is 2. The van der Waals surface area contributed by atoms with Gasteiger partial charge in [-0.05, 0) is 35.7 Å². The van der Waals surface area contributed by atoms with Crippen LogP contribution < -0.4 is 9.80 Å². The molecule has 1 fully saturated rings. The zero-order valence-electron chi connectivity index (χ0n) is 19.1. The van der Waals surface area contributed by atoms with Crippen molar-refractivity contribution in [1.29, 1.82) is 0 Å². The molecule has 0 unspecified atom stereocenters. The van der Waals surface area contributed by atoms with Crippen molar-refractivity contribution >= 4 is 33.2 Å². The van der Waals surface area contributed by atoms with Gasteiger partial charge in [0.15, 0.2) is 9.84 Å². The lowest BCUT2D eigenvalue weighted by molar-refractivity contribution is -0.143. The molecule has 2 aromatic carbocycles. The van der Waals surface area contributed by atoms with Crippen LogP contribution in [0.4, 0.5) is 25.0 Å². The molecule has 10 heteroatoms. The SMILES string of the molecule is CC(=O)N1c2ccc(-c3ccc(CS(C)(=O)=O)cc3)cc2N(C(=O)OC2CC(F)(F)C2)C[C@@H]1C. The van der Waals surface area contributed by atoms with Crippen LogP contribution in [0.5, 0.6) is 0 Å². The Morgan fingerprint density at radius 1 is 1.06 bits per heavy atom. The summed E-state index contributed by atoms with van der Waals surface area (Å²) < 4.78 is 54.8. The second kappa shape index (κ2) is 8.65. The number of anilines is 2. The van der Waals surface area contributed by atoms with Crippen LogP contribution in [0.1, 0.15) is 32.3 Å².